The zero-order chi connectivity index (χ0) is 15.3. The van der Waals surface area contributed by atoms with E-state index in [0.717, 1.165) is 5.39 Å². The number of para-hydroxylation sites is 1. The molecule has 0 fully saturated rings. The number of hydrogen-bond donors (Lipinski definition) is 2. The zero-order valence-electron chi connectivity index (χ0n) is 10.9. The normalized spacial score (nSPS) is 10.7. The standard InChI is InChI=1S/C9H7NO.C6H6O3S/c11-8-5-1-3-7-4-2-6-10-9(7)8;7-10(8,9)6-4-2-1-3-5-6/h1-6,11H;1-5H,(H,7,8,9). The molecule has 0 unspecified atom stereocenters. The van der Waals surface area contributed by atoms with Crippen molar-refractivity contribution in [3.63, 3.8) is 0 Å². The minimum atomic E-state index is -4.00. The first-order valence-electron chi connectivity index (χ1n) is 6.04. The van der Waals surface area contributed by atoms with Crippen LogP contribution in [0, 0.1) is 0 Å². The number of aromatic hydroxyl groups is 1. The topological polar surface area (TPSA) is 87.5 Å². The van der Waals surface area contributed by atoms with Gasteiger partial charge in [-0.25, -0.2) is 0 Å². The van der Waals surface area contributed by atoms with Crippen LogP contribution in [-0.4, -0.2) is 23.1 Å². The number of fused-ring (bicyclic) bond motifs is 1. The van der Waals surface area contributed by atoms with Crippen LogP contribution in [0.5, 0.6) is 5.75 Å². The fourth-order valence-corrected chi connectivity index (χ4v) is 2.18. The van der Waals surface area contributed by atoms with E-state index in [-0.39, 0.29) is 10.6 Å². The van der Waals surface area contributed by atoms with Gasteiger partial charge in [-0.05, 0) is 24.3 Å². The van der Waals surface area contributed by atoms with E-state index < -0.39 is 10.1 Å². The molecule has 0 aliphatic carbocycles. The van der Waals surface area contributed by atoms with Crippen molar-refractivity contribution in [3.05, 3.63) is 66.9 Å². The van der Waals surface area contributed by atoms with E-state index in [9.17, 15) is 13.5 Å². The number of pyridine rings is 1. The Hall–Kier alpha value is -2.44. The molecule has 0 aliphatic heterocycles. The minimum Gasteiger partial charge on any atom is -0.506 e. The third-order valence-corrected chi connectivity index (χ3v) is 3.52. The third-order valence-electron chi connectivity index (χ3n) is 2.65. The second-order valence-electron chi connectivity index (χ2n) is 4.14. The first-order chi connectivity index (χ1) is 9.98. The maximum atomic E-state index is 10.4. The second kappa shape index (κ2) is 6.34. The van der Waals surface area contributed by atoms with Crippen molar-refractivity contribution in [2.75, 3.05) is 0 Å². The number of rotatable bonds is 1. The smallest absolute Gasteiger partial charge is 0.294 e. The van der Waals surface area contributed by atoms with Gasteiger partial charge in [-0.3, -0.25) is 9.54 Å². The Bertz CT molecular complexity index is 827. The van der Waals surface area contributed by atoms with Crippen molar-refractivity contribution in [3.8, 4) is 5.75 Å². The summed E-state index contributed by atoms with van der Waals surface area (Å²) in [4.78, 5) is 3.96. The Morgan fingerprint density at radius 1 is 0.857 bits per heavy atom. The quantitative estimate of drug-likeness (QED) is 0.675. The predicted octanol–water partition coefficient (Wildman–Crippen LogP) is 2.87. The Kier molecular flexibility index (Phi) is 4.52. The molecule has 3 rings (SSSR count). The van der Waals surface area contributed by atoms with E-state index >= 15 is 0 Å². The summed E-state index contributed by atoms with van der Waals surface area (Å²) in [5.74, 6) is 0.239. The highest BCUT2D eigenvalue weighted by atomic mass is 32.2. The lowest BCUT2D eigenvalue weighted by atomic mass is 10.2. The maximum absolute atomic E-state index is 10.4. The van der Waals surface area contributed by atoms with Gasteiger partial charge in [-0.2, -0.15) is 8.42 Å². The summed E-state index contributed by atoms with van der Waals surface area (Å²) >= 11 is 0. The van der Waals surface area contributed by atoms with Crippen LogP contribution in [0.15, 0.2) is 71.8 Å². The van der Waals surface area contributed by atoms with Gasteiger partial charge in [-0.1, -0.05) is 36.4 Å². The highest BCUT2D eigenvalue weighted by molar-refractivity contribution is 7.85. The van der Waals surface area contributed by atoms with Crippen LogP contribution in [0.4, 0.5) is 0 Å². The number of hydrogen-bond acceptors (Lipinski definition) is 4. The molecule has 108 valence electrons. The second-order valence-corrected chi connectivity index (χ2v) is 5.56. The highest BCUT2D eigenvalue weighted by Crippen LogP contribution is 2.20. The Morgan fingerprint density at radius 2 is 1.52 bits per heavy atom. The first kappa shape index (κ1) is 15.0. The molecule has 0 aliphatic rings. The van der Waals surface area contributed by atoms with Crippen LogP contribution < -0.4 is 0 Å². The predicted molar refractivity (Wildman–Crippen MR) is 79.7 cm³/mol. The van der Waals surface area contributed by atoms with Crippen LogP contribution in [-0.2, 0) is 10.1 Å². The molecule has 0 radical (unpaired) electrons. The molecular formula is C15H13NO4S. The van der Waals surface area contributed by atoms with Crippen LogP contribution in [0.2, 0.25) is 0 Å². The van der Waals surface area contributed by atoms with Gasteiger partial charge in [-0.15, -0.1) is 0 Å². The molecule has 0 saturated carbocycles. The lowest BCUT2D eigenvalue weighted by molar-refractivity contribution is 0.480. The fourth-order valence-electron chi connectivity index (χ4n) is 1.68. The van der Waals surface area contributed by atoms with Crippen LogP contribution in [0.3, 0.4) is 0 Å². The van der Waals surface area contributed by atoms with Crippen molar-refractivity contribution >= 4 is 21.0 Å². The molecule has 0 amide bonds. The number of aromatic nitrogens is 1. The van der Waals surface area contributed by atoms with E-state index in [1.807, 2.05) is 18.2 Å². The Labute approximate surface area is 122 Å². The zero-order valence-corrected chi connectivity index (χ0v) is 11.7. The number of nitrogens with zero attached hydrogens (tertiary/aromatic N) is 1. The van der Waals surface area contributed by atoms with E-state index in [2.05, 4.69) is 4.98 Å². The average Bonchev–Trinajstić information content (AvgIpc) is 2.49. The van der Waals surface area contributed by atoms with Crippen molar-refractivity contribution in [2.24, 2.45) is 0 Å². The summed E-state index contributed by atoms with van der Waals surface area (Å²) in [7, 11) is -4.00. The SMILES string of the molecule is O=S(=O)(O)c1ccccc1.Oc1cccc2cccnc12. The summed E-state index contributed by atoms with van der Waals surface area (Å²) < 4.78 is 29.2. The molecule has 0 atom stereocenters. The fraction of sp³-hybridized carbons (Fsp3) is 0. The average molecular weight is 303 g/mol. The van der Waals surface area contributed by atoms with E-state index in [0.29, 0.717) is 5.52 Å². The van der Waals surface area contributed by atoms with Gasteiger partial charge in [0, 0.05) is 11.6 Å². The number of benzene rings is 2. The lowest BCUT2D eigenvalue weighted by Gasteiger charge is -1.96. The molecule has 5 nitrogen and oxygen atoms in total. The summed E-state index contributed by atoms with van der Waals surface area (Å²) in [5.41, 5.74) is 0.662. The van der Waals surface area contributed by atoms with Crippen molar-refractivity contribution < 1.29 is 18.1 Å². The van der Waals surface area contributed by atoms with Crippen molar-refractivity contribution in [1.29, 1.82) is 0 Å². The van der Waals surface area contributed by atoms with E-state index in [1.165, 1.54) is 12.1 Å². The molecule has 21 heavy (non-hydrogen) atoms. The van der Waals surface area contributed by atoms with E-state index in [4.69, 9.17) is 4.55 Å². The van der Waals surface area contributed by atoms with E-state index in [1.54, 1.807) is 36.5 Å². The number of phenolic OH excluding ortho intramolecular Hbond substituents is 1. The van der Waals surface area contributed by atoms with Gasteiger partial charge in [0.05, 0.1) is 4.90 Å². The molecule has 3 aromatic rings. The van der Waals surface area contributed by atoms with Crippen molar-refractivity contribution in [2.45, 2.75) is 4.90 Å². The monoisotopic (exact) mass is 303 g/mol. The molecule has 2 aromatic carbocycles. The molecule has 0 bridgehead atoms. The first-order valence-corrected chi connectivity index (χ1v) is 7.48. The highest BCUT2D eigenvalue weighted by Gasteiger charge is 2.05. The van der Waals surface area contributed by atoms with Gasteiger partial charge in [0.15, 0.2) is 0 Å². The van der Waals surface area contributed by atoms with Gasteiger partial charge in [0.25, 0.3) is 10.1 Å². The number of phenols is 1. The van der Waals surface area contributed by atoms with Gasteiger partial charge in [0.2, 0.25) is 0 Å². The maximum Gasteiger partial charge on any atom is 0.294 e. The molecule has 0 spiro atoms. The molecule has 2 N–H and O–H groups in total. The van der Waals surface area contributed by atoms with Gasteiger partial charge < -0.3 is 5.11 Å². The molecule has 6 heteroatoms. The van der Waals surface area contributed by atoms with Crippen LogP contribution in [0.1, 0.15) is 0 Å². The summed E-state index contributed by atoms with van der Waals surface area (Å²) in [6, 6.07) is 16.5. The van der Waals surface area contributed by atoms with Gasteiger partial charge in [0.1, 0.15) is 11.3 Å². The molecule has 1 heterocycles. The van der Waals surface area contributed by atoms with Crippen LogP contribution >= 0.6 is 0 Å². The van der Waals surface area contributed by atoms with Gasteiger partial charge >= 0.3 is 0 Å². The minimum absolute atomic E-state index is 0.0741. The molecular weight excluding hydrogens is 290 g/mol. The van der Waals surface area contributed by atoms with Crippen LogP contribution in [0.25, 0.3) is 10.9 Å². The largest absolute Gasteiger partial charge is 0.506 e. The molecule has 1 aromatic heterocycles. The molecule has 0 saturated heterocycles. The Morgan fingerprint density at radius 3 is 2.10 bits per heavy atom. The third kappa shape index (κ3) is 4.01. The van der Waals surface area contributed by atoms with Crippen molar-refractivity contribution in [1.82, 2.24) is 4.98 Å². The summed E-state index contributed by atoms with van der Waals surface area (Å²) in [5, 5.41) is 10.3. The Balaban J connectivity index is 0.000000155. The lowest BCUT2D eigenvalue weighted by Crippen LogP contribution is -1.96. The summed E-state index contributed by atoms with van der Waals surface area (Å²) in [6.07, 6.45) is 1.67. The summed E-state index contributed by atoms with van der Waals surface area (Å²) in [6.45, 7) is 0.